The van der Waals surface area contributed by atoms with Gasteiger partial charge in [0.25, 0.3) is 0 Å². The number of aromatic nitrogens is 3. The first-order chi connectivity index (χ1) is 12.6. The predicted octanol–water partition coefficient (Wildman–Crippen LogP) is 4.03. The molecule has 0 bridgehead atoms. The minimum atomic E-state index is -0.186. The van der Waals surface area contributed by atoms with Crippen molar-refractivity contribution in [3.63, 3.8) is 0 Å². The van der Waals surface area contributed by atoms with E-state index in [0.29, 0.717) is 6.54 Å². The molecule has 1 amide bonds. The summed E-state index contributed by atoms with van der Waals surface area (Å²) >= 11 is 1.76. The molecule has 0 unspecified atom stereocenters. The Morgan fingerprint density at radius 3 is 2.62 bits per heavy atom. The number of hydrogen-bond donors (Lipinski definition) is 1. The van der Waals surface area contributed by atoms with E-state index in [0.717, 1.165) is 29.0 Å². The molecule has 0 radical (unpaired) electrons. The highest BCUT2D eigenvalue weighted by molar-refractivity contribution is 7.98. The van der Waals surface area contributed by atoms with Gasteiger partial charge in [-0.25, -0.2) is 4.98 Å². The van der Waals surface area contributed by atoms with E-state index in [9.17, 15) is 4.79 Å². The fourth-order valence-corrected chi connectivity index (χ4v) is 3.74. The molecule has 6 heteroatoms. The van der Waals surface area contributed by atoms with Crippen LogP contribution in [0.4, 0.5) is 0 Å². The minimum Gasteiger partial charge on any atom is -0.347 e. The maximum Gasteiger partial charge on any atom is 0.243 e. The third-order valence-corrected chi connectivity index (χ3v) is 5.14. The molecule has 3 aromatic rings. The summed E-state index contributed by atoms with van der Waals surface area (Å²) in [4.78, 5) is 17.6. The molecule has 0 fully saturated rings. The number of para-hydroxylation sites is 2. The summed E-state index contributed by atoms with van der Waals surface area (Å²) in [5.74, 6) is 1.88. The molecule has 0 saturated heterocycles. The summed E-state index contributed by atoms with van der Waals surface area (Å²) in [6.45, 7) is 4.71. The van der Waals surface area contributed by atoms with Gasteiger partial charge in [0.2, 0.25) is 5.91 Å². The third-order valence-electron chi connectivity index (χ3n) is 4.49. The second-order valence-electron chi connectivity index (χ2n) is 6.63. The number of thioether (sulfide) groups is 1. The molecular formula is C20H26N4OS. The summed E-state index contributed by atoms with van der Waals surface area (Å²) in [6.07, 6.45) is 6.78. The maximum absolute atomic E-state index is 12.8. The van der Waals surface area contributed by atoms with E-state index in [1.54, 1.807) is 11.8 Å². The van der Waals surface area contributed by atoms with Gasteiger partial charge in [-0.05, 0) is 56.5 Å². The van der Waals surface area contributed by atoms with E-state index < -0.39 is 0 Å². The van der Waals surface area contributed by atoms with Crippen LogP contribution in [0.1, 0.15) is 38.2 Å². The summed E-state index contributed by atoms with van der Waals surface area (Å²) in [5.41, 5.74) is 2.07. The van der Waals surface area contributed by atoms with Crippen molar-refractivity contribution >= 4 is 28.7 Å². The van der Waals surface area contributed by atoms with Crippen molar-refractivity contribution in [3.8, 4) is 0 Å². The lowest BCUT2D eigenvalue weighted by molar-refractivity contribution is -0.124. The molecule has 5 nitrogen and oxygen atoms in total. The molecule has 1 atom stereocenters. The fourth-order valence-electron chi connectivity index (χ4n) is 3.28. The van der Waals surface area contributed by atoms with Gasteiger partial charge < -0.3 is 14.5 Å². The number of benzene rings is 1. The molecule has 0 aliphatic rings. The van der Waals surface area contributed by atoms with E-state index in [4.69, 9.17) is 4.98 Å². The highest BCUT2D eigenvalue weighted by atomic mass is 32.2. The first-order valence-corrected chi connectivity index (χ1v) is 10.4. The molecule has 0 aliphatic heterocycles. The number of nitrogens with one attached hydrogen (secondary N) is 1. The van der Waals surface area contributed by atoms with E-state index in [1.165, 1.54) is 0 Å². The molecule has 0 aliphatic carbocycles. The van der Waals surface area contributed by atoms with Crippen LogP contribution in [0.15, 0.2) is 48.8 Å². The number of amides is 1. The van der Waals surface area contributed by atoms with Gasteiger partial charge in [-0.1, -0.05) is 12.1 Å². The van der Waals surface area contributed by atoms with Crippen molar-refractivity contribution in [3.05, 3.63) is 54.6 Å². The van der Waals surface area contributed by atoms with E-state index >= 15 is 0 Å². The lowest BCUT2D eigenvalue weighted by atomic mass is 10.2. The molecule has 1 aromatic carbocycles. The Morgan fingerprint density at radius 2 is 1.92 bits per heavy atom. The van der Waals surface area contributed by atoms with Gasteiger partial charge in [0, 0.05) is 18.4 Å². The molecule has 138 valence electrons. The van der Waals surface area contributed by atoms with Gasteiger partial charge in [-0.15, -0.1) is 0 Å². The van der Waals surface area contributed by atoms with Gasteiger partial charge in [0.05, 0.1) is 17.6 Å². The van der Waals surface area contributed by atoms with Crippen LogP contribution in [0.5, 0.6) is 0 Å². The van der Waals surface area contributed by atoms with Gasteiger partial charge in [0.15, 0.2) is 0 Å². The molecule has 1 N–H and O–H groups in total. The quantitative estimate of drug-likeness (QED) is 0.651. The fraction of sp³-hybridized carbons (Fsp3) is 0.400. The van der Waals surface area contributed by atoms with Gasteiger partial charge in [0.1, 0.15) is 11.9 Å². The Labute approximate surface area is 158 Å². The molecule has 0 saturated carbocycles. The first kappa shape index (κ1) is 18.6. The summed E-state index contributed by atoms with van der Waals surface area (Å²) in [5, 5.41) is 3.10. The van der Waals surface area contributed by atoms with Crippen LogP contribution in [-0.4, -0.2) is 32.0 Å². The lowest BCUT2D eigenvalue weighted by Gasteiger charge is -2.19. The van der Waals surface area contributed by atoms with Crippen molar-refractivity contribution in [2.75, 3.05) is 12.0 Å². The average Bonchev–Trinajstić information content (AvgIpc) is 3.27. The zero-order valence-electron chi connectivity index (χ0n) is 15.6. The number of rotatable bonds is 8. The topological polar surface area (TPSA) is 51.9 Å². The van der Waals surface area contributed by atoms with E-state index in [2.05, 4.69) is 36.1 Å². The third kappa shape index (κ3) is 3.96. The van der Waals surface area contributed by atoms with Crippen LogP contribution in [0, 0.1) is 0 Å². The molecular weight excluding hydrogens is 344 g/mol. The summed E-state index contributed by atoms with van der Waals surface area (Å²) in [7, 11) is 0. The highest BCUT2D eigenvalue weighted by Crippen LogP contribution is 2.21. The average molecular weight is 371 g/mol. The zero-order valence-corrected chi connectivity index (χ0v) is 16.4. The van der Waals surface area contributed by atoms with Crippen LogP contribution >= 0.6 is 11.8 Å². The van der Waals surface area contributed by atoms with Crippen molar-refractivity contribution in [2.24, 2.45) is 0 Å². The summed E-state index contributed by atoms with van der Waals surface area (Å²) < 4.78 is 4.18. The van der Waals surface area contributed by atoms with Gasteiger partial charge in [-0.2, -0.15) is 11.8 Å². The Hall–Kier alpha value is -2.21. The molecule has 3 rings (SSSR count). The van der Waals surface area contributed by atoms with Crippen molar-refractivity contribution in [2.45, 2.75) is 38.9 Å². The number of hydrogen-bond acceptors (Lipinski definition) is 3. The number of fused-ring (bicyclic) bond motifs is 1. The Balaban J connectivity index is 1.78. The van der Waals surface area contributed by atoms with E-state index in [1.807, 2.05) is 47.3 Å². The van der Waals surface area contributed by atoms with Crippen molar-refractivity contribution in [1.29, 1.82) is 0 Å². The minimum absolute atomic E-state index is 0.0395. The smallest absolute Gasteiger partial charge is 0.243 e. The van der Waals surface area contributed by atoms with E-state index in [-0.39, 0.29) is 18.0 Å². The Kier molecular flexibility index (Phi) is 6.04. The Bertz CT molecular complexity index is 854. The molecule has 2 heterocycles. The highest BCUT2D eigenvalue weighted by Gasteiger charge is 2.20. The SMILES string of the molecule is CSCC[C@H](C(=O)NCc1nc2ccccc2n1C(C)C)n1cccc1. The van der Waals surface area contributed by atoms with Crippen molar-refractivity contribution in [1.82, 2.24) is 19.4 Å². The van der Waals surface area contributed by atoms with Crippen molar-refractivity contribution < 1.29 is 4.79 Å². The molecule has 2 aromatic heterocycles. The normalized spacial score (nSPS) is 12.6. The maximum atomic E-state index is 12.8. The van der Waals surface area contributed by atoms with Crippen LogP contribution in [-0.2, 0) is 11.3 Å². The van der Waals surface area contributed by atoms with Crippen LogP contribution in [0.3, 0.4) is 0 Å². The number of carbonyl (C=O) groups excluding carboxylic acids is 1. The summed E-state index contributed by atoms with van der Waals surface area (Å²) in [6, 6.07) is 12.1. The second-order valence-corrected chi connectivity index (χ2v) is 7.61. The number of imidazole rings is 1. The monoisotopic (exact) mass is 370 g/mol. The van der Waals surface area contributed by atoms with Gasteiger partial charge >= 0.3 is 0 Å². The first-order valence-electron chi connectivity index (χ1n) is 8.96. The molecule has 0 spiro atoms. The lowest BCUT2D eigenvalue weighted by Crippen LogP contribution is -2.33. The Morgan fingerprint density at radius 1 is 1.19 bits per heavy atom. The second kappa shape index (κ2) is 8.45. The number of nitrogens with zero attached hydrogens (tertiary/aromatic N) is 3. The zero-order chi connectivity index (χ0) is 18.5. The standard InChI is InChI=1S/C20H26N4OS/c1-15(2)24-17-9-5-4-8-16(17)22-19(24)14-21-20(25)18(10-13-26-3)23-11-6-7-12-23/h4-9,11-12,15,18H,10,13-14H2,1-3H3,(H,21,25)/t18-/m1/s1. The van der Waals surface area contributed by atoms with Crippen LogP contribution in [0.2, 0.25) is 0 Å². The van der Waals surface area contributed by atoms with Crippen LogP contribution in [0.25, 0.3) is 11.0 Å². The van der Waals surface area contributed by atoms with Crippen LogP contribution < -0.4 is 5.32 Å². The number of carbonyl (C=O) groups is 1. The largest absolute Gasteiger partial charge is 0.347 e. The predicted molar refractivity (Wildman–Crippen MR) is 108 cm³/mol. The van der Waals surface area contributed by atoms with Gasteiger partial charge in [-0.3, -0.25) is 4.79 Å². The molecule has 26 heavy (non-hydrogen) atoms.